The molecular weight excluding hydrogens is 366 g/mol. The minimum absolute atomic E-state index is 0.135. The topological polar surface area (TPSA) is 65.4 Å². The van der Waals surface area contributed by atoms with Crippen molar-refractivity contribution in [1.82, 2.24) is 9.78 Å². The van der Waals surface area contributed by atoms with E-state index in [-0.39, 0.29) is 11.8 Å². The molecule has 1 heterocycles. The lowest BCUT2D eigenvalue weighted by molar-refractivity contribution is 0.102. The van der Waals surface area contributed by atoms with Crippen molar-refractivity contribution in [3.63, 3.8) is 0 Å². The first-order valence-electron chi connectivity index (χ1n) is 9.67. The van der Waals surface area contributed by atoms with Gasteiger partial charge in [-0.25, -0.2) is 4.68 Å². The van der Waals surface area contributed by atoms with Crippen molar-refractivity contribution in [1.29, 1.82) is 0 Å². The zero-order valence-corrected chi connectivity index (χ0v) is 17.3. The number of rotatable bonds is 8. The summed E-state index contributed by atoms with van der Waals surface area (Å²) in [6.07, 6.45) is 1.63. The highest BCUT2D eigenvalue weighted by atomic mass is 16.5. The lowest BCUT2D eigenvalue weighted by atomic mass is 10.0. The van der Waals surface area contributed by atoms with Crippen LogP contribution in [-0.4, -0.2) is 36.0 Å². The maximum Gasteiger partial charge on any atom is 0.259 e. The summed E-state index contributed by atoms with van der Waals surface area (Å²) in [6, 6.07) is 15.4. The number of carbonyl (C=O) groups is 1. The molecule has 152 valence electrons. The molecule has 3 rings (SSSR count). The number of benzene rings is 2. The molecule has 0 aliphatic carbocycles. The predicted molar refractivity (Wildman–Crippen MR) is 114 cm³/mol. The summed E-state index contributed by atoms with van der Waals surface area (Å²) in [6.45, 7) is 7.18. The number of methoxy groups -OCH3 is 1. The number of anilines is 1. The van der Waals surface area contributed by atoms with Crippen LogP contribution in [0.5, 0.6) is 5.75 Å². The Morgan fingerprint density at radius 2 is 1.76 bits per heavy atom. The largest absolute Gasteiger partial charge is 0.491 e. The molecule has 0 spiro atoms. The normalized spacial score (nSPS) is 10.9. The van der Waals surface area contributed by atoms with E-state index in [0.717, 1.165) is 17.1 Å². The molecule has 6 heteroatoms. The minimum atomic E-state index is -0.180. The van der Waals surface area contributed by atoms with Gasteiger partial charge in [-0.3, -0.25) is 4.79 Å². The van der Waals surface area contributed by atoms with Crippen LogP contribution in [0.3, 0.4) is 0 Å². The highest BCUT2D eigenvalue weighted by Crippen LogP contribution is 2.24. The molecule has 0 fully saturated rings. The van der Waals surface area contributed by atoms with E-state index in [1.807, 2.05) is 60.1 Å². The van der Waals surface area contributed by atoms with Crippen molar-refractivity contribution in [3.05, 3.63) is 71.5 Å². The second-order valence-electron chi connectivity index (χ2n) is 7.17. The Kier molecular flexibility index (Phi) is 6.67. The second-order valence-corrected chi connectivity index (χ2v) is 7.17. The van der Waals surface area contributed by atoms with Crippen LogP contribution in [0.1, 0.15) is 41.4 Å². The van der Waals surface area contributed by atoms with E-state index < -0.39 is 0 Å². The standard InChI is InChI=1S/C23H27N3O3/c1-16(2)22-21(15-24-26(22)19-9-5-17(3)6-10-19)23(27)25-18-7-11-20(12-8-18)29-14-13-28-4/h5-12,15-16H,13-14H2,1-4H3,(H,25,27). The van der Waals surface area contributed by atoms with Gasteiger partial charge in [0, 0.05) is 12.8 Å². The van der Waals surface area contributed by atoms with E-state index in [1.165, 1.54) is 5.56 Å². The molecular formula is C23H27N3O3. The lowest BCUT2D eigenvalue weighted by Crippen LogP contribution is -2.15. The monoisotopic (exact) mass is 393 g/mol. The van der Waals surface area contributed by atoms with Crippen molar-refractivity contribution in [2.24, 2.45) is 0 Å². The van der Waals surface area contributed by atoms with Crippen LogP contribution in [0.4, 0.5) is 5.69 Å². The predicted octanol–water partition coefficient (Wildman–Crippen LogP) is 4.58. The highest BCUT2D eigenvalue weighted by Gasteiger charge is 2.21. The van der Waals surface area contributed by atoms with E-state index in [9.17, 15) is 4.79 Å². The SMILES string of the molecule is COCCOc1ccc(NC(=O)c2cnn(-c3ccc(C)cc3)c2C(C)C)cc1. The van der Waals surface area contributed by atoms with Gasteiger partial charge in [0.15, 0.2) is 0 Å². The number of ether oxygens (including phenoxy) is 2. The Morgan fingerprint density at radius 3 is 2.38 bits per heavy atom. The van der Waals surface area contributed by atoms with E-state index in [1.54, 1.807) is 13.3 Å². The summed E-state index contributed by atoms with van der Waals surface area (Å²) in [5, 5.41) is 7.43. The molecule has 3 aromatic rings. The molecule has 0 atom stereocenters. The second kappa shape index (κ2) is 9.39. The molecule has 0 unspecified atom stereocenters. The minimum Gasteiger partial charge on any atom is -0.491 e. The first-order valence-corrected chi connectivity index (χ1v) is 9.67. The molecule has 1 N–H and O–H groups in total. The molecule has 0 radical (unpaired) electrons. The van der Waals surface area contributed by atoms with Crippen LogP contribution in [0, 0.1) is 6.92 Å². The maximum atomic E-state index is 12.9. The molecule has 0 saturated heterocycles. The highest BCUT2D eigenvalue weighted by molar-refractivity contribution is 6.05. The first-order chi connectivity index (χ1) is 14.0. The van der Waals surface area contributed by atoms with Gasteiger partial charge < -0.3 is 14.8 Å². The van der Waals surface area contributed by atoms with Gasteiger partial charge in [-0.2, -0.15) is 5.10 Å². The van der Waals surface area contributed by atoms with E-state index >= 15 is 0 Å². The zero-order chi connectivity index (χ0) is 20.8. The Morgan fingerprint density at radius 1 is 1.07 bits per heavy atom. The van der Waals surface area contributed by atoms with E-state index in [0.29, 0.717) is 24.5 Å². The van der Waals surface area contributed by atoms with Crippen LogP contribution >= 0.6 is 0 Å². The van der Waals surface area contributed by atoms with Crippen molar-refractivity contribution in [2.75, 3.05) is 25.6 Å². The van der Waals surface area contributed by atoms with Gasteiger partial charge in [-0.05, 0) is 49.2 Å². The summed E-state index contributed by atoms with van der Waals surface area (Å²) in [5.41, 5.74) is 4.27. The van der Waals surface area contributed by atoms with Gasteiger partial charge in [-0.1, -0.05) is 31.5 Å². The number of aryl methyl sites for hydroxylation is 1. The van der Waals surface area contributed by atoms with Crippen LogP contribution in [-0.2, 0) is 4.74 Å². The quantitative estimate of drug-likeness (QED) is 0.569. The van der Waals surface area contributed by atoms with Crippen molar-refractivity contribution in [3.8, 4) is 11.4 Å². The van der Waals surface area contributed by atoms with Crippen LogP contribution < -0.4 is 10.1 Å². The number of aromatic nitrogens is 2. The Bertz CT molecular complexity index is 945. The number of nitrogens with zero attached hydrogens (tertiary/aromatic N) is 2. The van der Waals surface area contributed by atoms with E-state index in [2.05, 4.69) is 24.3 Å². The summed E-state index contributed by atoms with van der Waals surface area (Å²) in [4.78, 5) is 12.9. The van der Waals surface area contributed by atoms with Gasteiger partial charge >= 0.3 is 0 Å². The molecule has 0 aliphatic rings. The first kappa shape index (κ1) is 20.6. The van der Waals surface area contributed by atoms with Crippen molar-refractivity contribution < 1.29 is 14.3 Å². The molecule has 29 heavy (non-hydrogen) atoms. The molecule has 0 bridgehead atoms. The van der Waals surface area contributed by atoms with E-state index in [4.69, 9.17) is 9.47 Å². The Balaban J connectivity index is 1.78. The number of hydrogen-bond acceptors (Lipinski definition) is 4. The van der Waals surface area contributed by atoms with Gasteiger partial charge in [0.2, 0.25) is 0 Å². The van der Waals surface area contributed by atoms with Gasteiger partial charge in [-0.15, -0.1) is 0 Å². The van der Waals surface area contributed by atoms with Crippen molar-refractivity contribution >= 4 is 11.6 Å². The third-order valence-electron chi connectivity index (χ3n) is 4.54. The smallest absolute Gasteiger partial charge is 0.259 e. The van der Waals surface area contributed by atoms with Crippen molar-refractivity contribution in [2.45, 2.75) is 26.7 Å². The van der Waals surface area contributed by atoms with Gasteiger partial charge in [0.1, 0.15) is 12.4 Å². The summed E-state index contributed by atoms with van der Waals surface area (Å²) in [7, 11) is 1.63. The Labute approximate surface area is 171 Å². The number of nitrogens with one attached hydrogen (secondary N) is 1. The molecule has 0 aliphatic heterocycles. The Hall–Kier alpha value is -3.12. The van der Waals surface area contributed by atoms with Crippen LogP contribution in [0.2, 0.25) is 0 Å². The fourth-order valence-electron chi connectivity index (χ4n) is 3.06. The average molecular weight is 393 g/mol. The molecule has 0 saturated carbocycles. The van der Waals surface area contributed by atoms with Gasteiger partial charge in [0.25, 0.3) is 5.91 Å². The lowest BCUT2D eigenvalue weighted by Gasteiger charge is -2.13. The third kappa shape index (κ3) is 5.03. The van der Waals surface area contributed by atoms with Gasteiger partial charge in [0.05, 0.1) is 29.7 Å². The molecule has 6 nitrogen and oxygen atoms in total. The molecule has 2 aromatic carbocycles. The summed E-state index contributed by atoms with van der Waals surface area (Å²) in [5.74, 6) is 0.686. The zero-order valence-electron chi connectivity index (χ0n) is 17.3. The third-order valence-corrected chi connectivity index (χ3v) is 4.54. The maximum absolute atomic E-state index is 12.9. The summed E-state index contributed by atoms with van der Waals surface area (Å²) >= 11 is 0. The fraction of sp³-hybridized carbons (Fsp3) is 0.304. The fourth-order valence-corrected chi connectivity index (χ4v) is 3.06. The average Bonchev–Trinajstić information content (AvgIpc) is 3.16. The van der Waals surface area contributed by atoms with Crippen LogP contribution in [0.25, 0.3) is 5.69 Å². The van der Waals surface area contributed by atoms with Crippen LogP contribution in [0.15, 0.2) is 54.7 Å². The molecule has 1 amide bonds. The molecule has 1 aromatic heterocycles. The number of hydrogen-bond donors (Lipinski definition) is 1. The number of carbonyl (C=O) groups excluding carboxylic acids is 1. The summed E-state index contributed by atoms with van der Waals surface area (Å²) < 4.78 is 12.4. The number of amides is 1.